The van der Waals surface area contributed by atoms with E-state index >= 15 is 0 Å². The topological polar surface area (TPSA) is 79.5 Å². The van der Waals surface area contributed by atoms with E-state index in [1.54, 1.807) is 30.3 Å². The van der Waals surface area contributed by atoms with Crippen molar-refractivity contribution in [2.45, 2.75) is 6.04 Å². The minimum Gasteiger partial charge on any atom is -0.503 e. The Hall–Kier alpha value is -2.82. The summed E-state index contributed by atoms with van der Waals surface area (Å²) in [6.45, 7) is 0. The number of aliphatic hydroxyl groups excluding tert-OH is 1. The summed E-state index contributed by atoms with van der Waals surface area (Å²) in [4.78, 5) is 24.0. The number of ketones is 1. The third-order valence-electron chi connectivity index (χ3n) is 3.16. The van der Waals surface area contributed by atoms with Gasteiger partial charge in [-0.3, -0.25) is 9.59 Å². The number of hydrogen-bond acceptors (Lipinski definition) is 4. The Labute approximate surface area is 114 Å². The lowest BCUT2D eigenvalue weighted by atomic mass is 9.96. The molecule has 0 unspecified atom stereocenters. The van der Waals surface area contributed by atoms with E-state index in [2.05, 4.69) is 5.32 Å². The smallest absolute Gasteiger partial charge is 0.287 e. The van der Waals surface area contributed by atoms with Crippen molar-refractivity contribution in [3.05, 3.63) is 71.4 Å². The molecule has 1 amide bonds. The van der Waals surface area contributed by atoms with Crippen molar-refractivity contribution in [1.29, 1.82) is 0 Å². The third-order valence-corrected chi connectivity index (χ3v) is 3.16. The Morgan fingerprint density at radius 1 is 1.15 bits per heavy atom. The zero-order valence-electron chi connectivity index (χ0n) is 10.4. The van der Waals surface area contributed by atoms with Crippen molar-refractivity contribution in [2.75, 3.05) is 0 Å². The first kappa shape index (κ1) is 12.2. The molecule has 5 heteroatoms. The van der Waals surface area contributed by atoms with Crippen LogP contribution in [0.3, 0.4) is 0 Å². The molecule has 0 spiro atoms. The van der Waals surface area contributed by atoms with Crippen molar-refractivity contribution >= 4 is 11.7 Å². The van der Waals surface area contributed by atoms with E-state index in [0.29, 0.717) is 0 Å². The zero-order valence-corrected chi connectivity index (χ0v) is 10.4. The maximum absolute atomic E-state index is 12.3. The van der Waals surface area contributed by atoms with Crippen molar-refractivity contribution in [2.24, 2.45) is 0 Å². The van der Waals surface area contributed by atoms with Gasteiger partial charge in [-0.05, 0) is 17.7 Å². The van der Waals surface area contributed by atoms with Crippen LogP contribution < -0.4 is 5.32 Å². The Morgan fingerprint density at radius 2 is 1.90 bits per heavy atom. The Morgan fingerprint density at radius 3 is 2.55 bits per heavy atom. The van der Waals surface area contributed by atoms with Crippen LogP contribution in [0.5, 0.6) is 0 Å². The van der Waals surface area contributed by atoms with Gasteiger partial charge in [0.2, 0.25) is 5.78 Å². The van der Waals surface area contributed by atoms with Gasteiger partial charge in [0.25, 0.3) is 5.91 Å². The number of Topliss-reactive ketones (excluding diaryl/α,β-unsaturated/α-hetero) is 1. The molecule has 0 saturated carbocycles. The summed E-state index contributed by atoms with van der Waals surface area (Å²) in [6, 6.07) is 11.4. The second-order valence-electron chi connectivity index (χ2n) is 4.39. The van der Waals surface area contributed by atoms with E-state index < -0.39 is 23.5 Å². The van der Waals surface area contributed by atoms with Gasteiger partial charge in [-0.25, -0.2) is 0 Å². The van der Waals surface area contributed by atoms with Gasteiger partial charge < -0.3 is 14.8 Å². The average molecular weight is 269 g/mol. The first-order chi connectivity index (χ1) is 9.68. The number of furan rings is 1. The van der Waals surface area contributed by atoms with Crippen LogP contribution in [0.25, 0.3) is 0 Å². The number of carbonyl (C=O) groups excluding carboxylic acids is 2. The predicted octanol–water partition coefficient (Wildman–Crippen LogP) is 2.15. The van der Waals surface area contributed by atoms with Crippen LogP contribution in [0.1, 0.15) is 22.2 Å². The highest BCUT2D eigenvalue weighted by Gasteiger charge is 2.38. The lowest BCUT2D eigenvalue weighted by Gasteiger charge is -2.13. The van der Waals surface area contributed by atoms with Crippen molar-refractivity contribution < 1.29 is 19.1 Å². The van der Waals surface area contributed by atoms with Gasteiger partial charge in [0.1, 0.15) is 0 Å². The fourth-order valence-corrected chi connectivity index (χ4v) is 2.21. The molecule has 0 aliphatic carbocycles. The third kappa shape index (κ3) is 1.89. The zero-order chi connectivity index (χ0) is 14.1. The van der Waals surface area contributed by atoms with Crippen LogP contribution in [0.4, 0.5) is 0 Å². The van der Waals surface area contributed by atoms with Crippen LogP contribution in [0.15, 0.2) is 64.5 Å². The number of benzene rings is 1. The number of carbonyl (C=O) groups is 2. The molecule has 1 aliphatic heterocycles. The minimum absolute atomic E-state index is 0.0103. The summed E-state index contributed by atoms with van der Waals surface area (Å²) in [5.41, 5.74) is 0.732. The molecule has 1 aliphatic rings. The summed E-state index contributed by atoms with van der Waals surface area (Å²) in [5.74, 6) is -1.63. The second kappa shape index (κ2) is 4.70. The summed E-state index contributed by atoms with van der Waals surface area (Å²) in [6.07, 6.45) is 1.37. The molecule has 1 aromatic carbocycles. The molecule has 0 fully saturated rings. The number of hydrogen-bond donors (Lipinski definition) is 2. The fraction of sp³-hybridized carbons (Fsp3) is 0.0667. The molecule has 2 aromatic rings. The van der Waals surface area contributed by atoms with Gasteiger partial charge in [-0.2, -0.15) is 0 Å². The lowest BCUT2D eigenvalue weighted by Crippen LogP contribution is -2.23. The molecule has 1 atom stereocenters. The van der Waals surface area contributed by atoms with E-state index in [1.165, 1.54) is 12.3 Å². The monoisotopic (exact) mass is 269 g/mol. The van der Waals surface area contributed by atoms with Crippen LogP contribution >= 0.6 is 0 Å². The highest BCUT2D eigenvalue weighted by molar-refractivity contribution is 6.14. The Balaban J connectivity index is 2.05. The van der Waals surface area contributed by atoms with Crippen LogP contribution in [-0.4, -0.2) is 16.8 Å². The van der Waals surface area contributed by atoms with Crippen molar-refractivity contribution in [3.8, 4) is 0 Å². The highest BCUT2D eigenvalue weighted by atomic mass is 16.3. The fourth-order valence-electron chi connectivity index (χ4n) is 2.21. The molecule has 2 N–H and O–H groups in total. The normalized spacial score (nSPS) is 18.2. The number of nitrogens with one attached hydrogen (secondary N) is 1. The molecule has 1 aromatic heterocycles. The maximum Gasteiger partial charge on any atom is 0.287 e. The Kier molecular flexibility index (Phi) is 2.87. The minimum atomic E-state index is -0.665. The van der Waals surface area contributed by atoms with Gasteiger partial charge in [-0.15, -0.1) is 0 Å². The van der Waals surface area contributed by atoms with Gasteiger partial charge in [-0.1, -0.05) is 30.3 Å². The highest BCUT2D eigenvalue weighted by Crippen LogP contribution is 2.31. The summed E-state index contributed by atoms with van der Waals surface area (Å²) < 4.78 is 5.04. The van der Waals surface area contributed by atoms with Gasteiger partial charge in [0, 0.05) is 0 Å². The van der Waals surface area contributed by atoms with E-state index in [-0.39, 0.29) is 11.3 Å². The molecule has 3 rings (SSSR count). The van der Waals surface area contributed by atoms with Gasteiger partial charge >= 0.3 is 0 Å². The van der Waals surface area contributed by atoms with E-state index in [1.807, 2.05) is 6.07 Å². The first-order valence-electron chi connectivity index (χ1n) is 6.05. The molecule has 0 bridgehead atoms. The van der Waals surface area contributed by atoms with Crippen molar-refractivity contribution in [3.63, 3.8) is 0 Å². The molecule has 2 heterocycles. The van der Waals surface area contributed by atoms with Crippen LogP contribution in [0, 0.1) is 0 Å². The summed E-state index contributed by atoms with van der Waals surface area (Å²) in [7, 11) is 0. The number of aliphatic hydroxyl groups is 1. The molecule has 100 valence electrons. The van der Waals surface area contributed by atoms with Gasteiger partial charge in [0.15, 0.2) is 11.5 Å². The maximum atomic E-state index is 12.3. The number of amides is 1. The molecular formula is C15H11NO4. The first-order valence-corrected chi connectivity index (χ1v) is 6.05. The lowest BCUT2D eigenvalue weighted by molar-refractivity contribution is -0.119. The second-order valence-corrected chi connectivity index (χ2v) is 4.39. The van der Waals surface area contributed by atoms with E-state index in [9.17, 15) is 14.7 Å². The average Bonchev–Trinajstić information content (AvgIpc) is 3.09. The molecule has 20 heavy (non-hydrogen) atoms. The summed E-state index contributed by atoms with van der Waals surface area (Å²) in [5, 5.41) is 12.5. The largest absolute Gasteiger partial charge is 0.503 e. The van der Waals surface area contributed by atoms with E-state index in [4.69, 9.17) is 4.42 Å². The predicted molar refractivity (Wildman–Crippen MR) is 70.0 cm³/mol. The Bertz CT molecular complexity index is 686. The van der Waals surface area contributed by atoms with E-state index in [0.717, 1.165) is 5.56 Å². The molecule has 0 radical (unpaired) electrons. The van der Waals surface area contributed by atoms with Gasteiger partial charge in [0.05, 0.1) is 17.9 Å². The van der Waals surface area contributed by atoms with Crippen LogP contribution in [0.2, 0.25) is 0 Å². The molecule has 5 nitrogen and oxygen atoms in total. The standard InChI is InChI=1S/C15H11NO4/c17-13(10-7-4-8-20-10)11-12(16-15(19)14(11)18)9-5-2-1-3-6-9/h1-8,12,18H,(H,16,19)/t12-/m1/s1. The molecular weight excluding hydrogens is 258 g/mol. The molecule has 0 saturated heterocycles. The number of rotatable bonds is 3. The van der Waals surface area contributed by atoms with Crippen molar-refractivity contribution in [1.82, 2.24) is 5.32 Å². The quantitative estimate of drug-likeness (QED) is 0.837. The summed E-state index contributed by atoms with van der Waals surface area (Å²) >= 11 is 0. The SMILES string of the molecule is O=C1N[C@H](c2ccccc2)C(C(=O)c2ccco2)=C1O. The van der Waals surface area contributed by atoms with Crippen LogP contribution in [-0.2, 0) is 4.79 Å².